The third-order valence-electron chi connectivity index (χ3n) is 8.57. The van der Waals surface area contributed by atoms with Crippen LogP contribution < -0.4 is 20.1 Å². The summed E-state index contributed by atoms with van der Waals surface area (Å²) in [6, 6.07) is 2.79. The summed E-state index contributed by atoms with van der Waals surface area (Å²) in [5, 5.41) is 5.58. The molecule has 45 heavy (non-hydrogen) atoms. The first-order valence-corrected chi connectivity index (χ1v) is 14.9. The third-order valence-corrected chi connectivity index (χ3v) is 8.57. The van der Waals surface area contributed by atoms with Crippen LogP contribution in [0, 0.1) is 11.7 Å². The van der Waals surface area contributed by atoms with Crippen LogP contribution in [0.25, 0.3) is 0 Å². The van der Waals surface area contributed by atoms with Crippen molar-refractivity contribution in [2.45, 2.75) is 57.3 Å². The molecular formula is C31H34F4N6O4. The van der Waals surface area contributed by atoms with E-state index in [0.29, 0.717) is 25.2 Å². The molecule has 2 aliphatic heterocycles. The number of hydrogen-bond donors (Lipinski definition) is 2. The SMILES string of the molecule is COc1cc(C(=O)NC2CCN(C3CC3)CC2)c(F)cc1Nc1ncc(C(F)(F)F)c(OC2=CC(C)CC3=C2C(=O)N(C)C3)n1. The lowest BCUT2D eigenvalue weighted by atomic mass is 9.91. The Hall–Kier alpha value is -4.20. The van der Waals surface area contributed by atoms with Gasteiger partial charge in [0.25, 0.3) is 11.8 Å². The Morgan fingerprint density at radius 2 is 1.87 bits per heavy atom. The number of nitrogens with zero attached hydrogens (tertiary/aromatic N) is 4. The maximum atomic E-state index is 15.3. The predicted molar refractivity (Wildman–Crippen MR) is 156 cm³/mol. The number of ether oxygens (including phenoxy) is 2. The zero-order valence-electron chi connectivity index (χ0n) is 25.1. The lowest BCUT2D eigenvalue weighted by Gasteiger charge is -2.32. The van der Waals surface area contributed by atoms with Crippen molar-refractivity contribution in [2.75, 3.05) is 39.1 Å². The summed E-state index contributed by atoms with van der Waals surface area (Å²) < 4.78 is 68.2. The maximum absolute atomic E-state index is 15.3. The lowest BCUT2D eigenvalue weighted by Crippen LogP contribution is -2.45. The largest absolute Gasteiger partial charge is 0.495 e. The smallest absolute Gasteiger partial charge is 0.423 e. The van der Waals surface area contributed by atoms with Crippen LogP contribution >= 0.6 is 0 Å². The monoisotopic (exact) mass is 630 g/mol. The van der Waals surface area contributed by atoms with Crippen molar-refractivity contribution >= 4 is 23.5 Å². The number of hydrogen-bond acceptors (Lipinski definition) is 8. The van der Waals surface area contributed by atoms with Gasteiger partial charge in [0.15, 0.2) is 0 Å². The molecule has 0 bridgehead atoms. The van der Waals surface area contributed by atoms with E-state index in [9.17, 15) is 22.8 Å². The number of allylic oxidation sites excluding steroid dienone is 1. The van der Waals surface area contributed by atoms with E-state index in [-0.39, 0.29) is 52.1 Å². The molecule has 1 saturated heterocycles. The fourth-order valence-electron chi connectivity index (χ4n) is 6.13. The molecule has 1 unspecified atom stereocenters. The number of aromatic nitrogens is 2. The van der Waals surface area contributed by atoms with Gasteiger partial charge >= 0.3 is 6.18 Å². The lowest BCUT2D eigenvalue weighted by molar-refractivity contribution is -0.139. The minimum absolute atomic E-state index is 0.00884. The van der Waals surface area contributed by atoms with Crippen LogP contribution in [0.1, 0.15) is 54.9 Å². The summed E-state index contributed by atoms with van der Waals surface area (Å²) in [4.78, 5) is 37.4. The van der Waals surface area contributed by atoms with Crippen LogP contribution in [0.3, 0.4) is 0 Å². The van der Waals surface area contributed by atoms with Crippen LogP contribution in [-0.4, -0.2) is 77.5 Å². The number of benzene rings is 1. The van der Waals surface area contributed by atoms with Crippen LogP contribution in [0.5, 0.6) is 11.6 Å². The van der Waals surface area contributed by atoms with Crippen molar-refractivity contribution in [1.82, 2.24) is 25.1 Å². The van der Waals surface area contributed by atoms with Crippen molar-refractivity contribution < 1.29 is 36.6 Å². The Kier molecular flexibility index (Phi) is 8.18. The molecule has 1 aromatic carbocycles. The van der Waals surface area contributed by atoms with Crippen molar-refractivity contribution in [1.29, 1.82) is 0 Å². The van der Waals surface area contributed by atoms with Gasteiger partial charge in [-0.25, -0.2) is 9.37 Å². The van der Waals surface area contributed by atoms with E-state index < -0.39 is 29.3 Å². The zero-order chi connectivity index (χ0) is 32.0. The average molecular weight is 631 g/mol. The molecule has 1 aromatic heterocycles. The Morgan fingerprint density at radius 1 is 1.13 bits per heavy atom. The first-order chi connectivity index (χ1) is 21.4. The summed E-state index contributed by atoms with van der Waals surface area (Å²) in [5.74, 6) is -3.00. The number of carbonyl (C=O) groups is 2. The molecule has 1 saturated carbocycles. The number of methoxy groups -OCH3 is 1. The second-order valence-corrected chi connectivity index (χ2v) is 12.0. The Balaban J connectivity index is 1.22. The summed E-state index contributed by atoms with van der Waals surface area (Å²) >= 11 is 0. The zero-order valence-corrected chi connectivity index (χ0v) is 25.1. The van der Waals surface area contributed by atoms with Gasteiger partial charge in [0.2, 0.25) is 11.8 Å². The molecule has 6 rings (SSSR count). The Morgan fingerprint density at radius 3 is 2.53 bits per heavy atom. The molecule has 3 heterocycles. The van der Waals surface area contributed by atoms with Gasteiger partial charge < -0.3 is 29.9 Å². The second kappa shape index (κ2) is 12.0. The first-order valence-electron chi connectivity index (χ1n) is 14.9. The summed E-state index contributed by atoms with van der Waals surface area (Å²) in [5.41, 5.74) is -0.489. The van der Waals surface area contributed by atoms with Crippen molar-refractivity contribution in [3.05, 3.63) is 58.3 Å². The van der Waals surface area contributed by atoms with Gasteiger partial charge in [-0.05, 0) is 55.7 Å². The molecule has 2 fully saturated rings. The van der Waals surface area contributed by atoms with E-state index in [1.54, 1.807) is 13.1 Å². The minimum atomic E-state index is -4.87. The van der Waals surface area contributed by atoms with E-state index in [4.69, 9.17) is 9.47 Å². The van der Waals surface area contributed by atoms with E-state index in [1.165, 1.54) is 30.9 Å². The second-order valence-electron chi connectivity index (χ2n) is 12.0. The van der Waals surface area contributed by atoms with Gasteiger partial charge in [0, 0.05) is 51.0 Å². The van der Waals surface area contributed by atoms with Gasteiger partial charge in [-0.1, -0.05) is 6.92 Å². The molecular weight excluding hydrogens is 596 g/mol. The third kappa shape index (κ3) is 6.46. The predicted octanol–water partition coefficient (Wildman–Crippen LogP) is 4.81. The molecule has 0 radical (unpaired) electrons. The van der Waals surface area contributed by atoms with Gasteiger partial charge in [-0.2, -0.15) is 18.2 Å². The fourth-order valence-corrected chi connectivity index (χ4v) is 6.13. The standard InChI is InChI=1S/C31H34F4N6O4/c1-16-10-17-15-40(2)29(43)26(17)25(11-16)45-28-21(31(33,34)35)14-36-30(39-28)38-23-13-22(32)20(12-24(23)44-3)27(42)37-18-6-8-41(9-7-18)19-4-5-19/h11-14,16,18-19H,4-10,15H2,1-3H3,(H,37,42)(H,36,38,39). The minimum Gasteiger partial charge on any atom is -0.495 e. The topological polar surface area (TPSA) is 109 Å². The first kappa shape index (κ1) is 30.8. The van der Waals surface area contributed by atoms with E-state index >= 15 is 4.39 Å². The molecule has 240 valence electrons. The number of carbonyl (C=O) groups excluding carboxylic acids is 2. The van der Waals surface area contributed by atoms with Gasteiger partial charge in [-0.15, -0.1) is 0 Å². The van der Waals surface area contributed by atoms with Gasteiger partial charge in [0.05, 0.1) is 23.9 Å². The van der Waals surface area contributed by atoms with E-state index in [0.717, 1.165) is 37.6 Å². The van der Waals surface area contributed by atoms with Crippen LogP contribution in [0.4, 0.5) is 29.2 Å². The molecule has 2 N–H and O–H groups in total. The average Bonchev–Trinajstić information content (AvgIpc) is 3.78. The number of alkyl halides is 3. The van der Waals surface area contributed by atoms with Gasteiger partial charge in [-0.3, -0.25) is 9.59 Å². The van der Waals surface area contributed by atoms with Crippen molar-refractivity contribution in [3.63, 3.8) is 0 Å². The molecule has 10 nitrogen and oxygen atoms in total. The molecule has 2 amide bonds. The Bertz CT molecular complexity index is 1580. The number of likely N-dealkylation sites (N-methyl/N-ethyl adjacent to an activating group) is 1. The van der Waals surface area contributed by atoms with Crippen LogP contribution in [0.2, 0.25) is 0 Å². The van der Waals surface area contributed by atoms with Crippen LogP contribution in [0.15, 0.2) is 41.3 Å². The summed E-state index contributed by atoms with van der Waals surface area (Å²) in [7, 11) is 2.92. The molecule has 1 atom stereocenters. The molecule has 14 heteroatoms. The van der Waals surface area contributed by atoms with E-state index in [2.05, 4.69) is 25.5 Å². The van der Waals surface area contributed by atoms with E-state index in [1.807, 2.05) is 6.92 Å². The highest BCUT2D eigenvalue weighted by molar-refractivity contribution is 6.01. The fraction of sp³-hybridized carbons (Fsp3) is 0.484. The number of anilines is 2. The quantitative estimate of drug-likeness (QED) is 0.400. The number of piperidine rings is 1. The number of halogens is 4. The maximum Gasteiger partial charge on any atom is 0.423 e. The molecule has 2 aliphatic carbocycles. The number of nitrogens with one attached hydrogen (secondary N) is 2. The normalized spacial score (nSPS) is 21.0. The molecule has 0 spiro atoms. The highest BCUT2D eigenvalue weighted by atomic mass is 19.4. The Labute approximate surface area is 257 Å². The van der Waals surface area contributed by atoms with Crippen LogP contribution in [-0.2, 0) is 11.0 Å². The summed E-state index contributed by atoms with van der Waals surface area (Å²) in [6.07, 6.45) is 1.84. The highest BCUT2D eigenvalue weighted by Crippen LogP contribution is 2.40. The highest BCUT2D eigenvalue weighted by Gasteiger charge is 2.40. The number of likely N-dealkylation sites (tertiary alicyclic amines) is 1. The van der Waals surface area contributed by atoms with Gasteiger partial charge in [0.1, 0.15) is 22.9 Å². The van der Waals surface area contributed by atoms with Crippen molar-refractivity contribution in [2.24, 2.45) is 5.92 Å². The molecule has 4 aliphatic rings. The molecule has 2 aromatic rings. The van der Waals surface area contributed by atoms with Crippen molar-refractivity contribution in [3.8, 4) is 11.6 Å². The number of rotatable bonds is 8. The number of amides is 2. The summed E-state index contributed by atoms with van der Waals surface area (Å²) in [6.45, 7) is 3.99.